The molecule has 0 radical (unpaired) electrons. The van der Waals surface area contributed by atoms with E-state index in [9.17, 15) is 9.59 Å². The fraction of sp³-hybridized carbons (Fsp3) is 0.857. The molecule has 1 heterocycles. The van der Waals surface area contributed by atoms with Crippen LogP contribution in [0.25, 0.3) is 0 Å². The van der Waals surface area contributed by atoms with E-state index in [1.807, 2.05) is 0 Å². The summed E-state index contributed by atoms with van der Waals surface area (Å²) in [6.07, 6.45) is 5.33. The van der Waals surface area contributed by atoms with Gasteiger partial charge in [-0.2, -0.15) is 0 Å². The number of hydroxylamine groups is 2. The largest absolute Gasteiger partial charge is 0.464 e. The van der Waals surface area contributed by atoms with Crippen molar-refractivity contribution < 1.29 is 19.2 Å². The van der Waals surface area contributed by atoms with Gasteiger partial charge in [-0.15, -0.1) is 0 Å². The molecule has 0 aromatic heterocycles. The highest BCUT2D eigenvalue weighted by atomic mass is 16.7. The Morgan fingerprint density at radius 1 is 1.26 bits per heavy atom. The zero-order valence-electron chi connectivity index (χ0n) is 11.6. The predicted molar refractivity (Wildman–Crippen MR) is 66.9 cm³/mol. The van der Waals surface area contributed by atoms with Crippen molar-refractivity contribution in [2.75, 3.05) is 6.61 Å². The first-order chi connectivity index (χ1) is 9.07. The minimum Gasteiger partial charge on any atom is -0.464 e. The molecule has 0 bridgehead atoms. The number of carbonyl (C=O) groups excluding carboxylic acids is 2. The third-order valence-corrected chi connectivity index (χ3v) is 5.24. The fourth-order valence-corrected chi connectivity index (χ4v) is 4.69. The monoisotopic (exact) mass is 267 g/mol. The van der Waals surface area contributed by atoms with Crippen LogP contribution in [0, 0.1) is 5.41 Å². The van der Waals surface area contributed by atoms with Crippen molar-refractivity contribution >= 4 is 11.9 Å². The van der Waals surface area contributed by atoms with Crippen LogP contribution in [-0.4, -0.2) is 35.2 Å². The molecule has 0 spiro atoms. The standard InChI is InChI=1S/C14H21NO4/c1-3-18-12(17)11-13-6-4-8-14(13,9-5-7-13)15(19-11)10(2)16/h11H,3-9H2,1-2H3. The van der Waals surface area contributed by atoms with E-state index in [0.29, 0.717) is 6.61 Å². The van der Waals surface area contributed by atoms with Crippen LogP contribution in [0.1, 0.15) is 52.4 Å². The lowest BCUT2D eigenvalue weighted by atomic mass is 9.71. The molecule has 0 aromatic carbocycles. The summed E-state index contributed by atoms with van der Waals surface area (Å²) in [5.41, 5.74) is -0.457. The van der Waals surface area contributed by atoms with Gasteiger partial charge in [0.15, 0.2) is 6.10 Å². The average molecular weight is 267 g/mol. The maximum Gasteiger partial charge on any atom is 0.338 e. The van der Waals surface area contributed by atoms with Gasteiger partial charge in [-0.1, -0.05) is 12.8 Å². The highest BCUT2D eigenvalue weighted by Crippen LogP contribution is 2.66. The Kier molecular flexibility index (Phi) is 2.85. The first kappa shape index (κ1) is 12.9. The van der Waals surface area contributed by atoms with Gasteiger partial charge in [0.1, 0.15) is 0 Å². The van der Waals surface area contributed by atoms with Gasteiger partial charge in [0.2, 0.25) is 5.91 Å². The highest BCUT2D eigenvalue weighted by molar-refractivity contribution is 5.80. The molecule has 3 fully saturated rings. The number of carbonyl (C=O) groups is 2. The van der Waals surface area contributed by atoms with Crippen LogP contribution < -0.4 is 0 Å². The highest BCUT2D eigenvalue weighted by Gasteiger charge is 2.72. The lowest BCUT2D eigenvalue weighted by Crippen LogP contribution is -2.50. The number of rotatable bonds is 2. The molecule has 1 atom stereocenters. The molecular weight excluding hydrogens is 246 g/mol. The molecule has 3 rings (SSSR count). The average Bonchev–Trinajstić information content (AvgIpc) is 2.89. The number of esters is 1. The van der Waals surface area contributed by atoms with Crippen LogP contribution in [0.2, 0.25) is 0 Å². The molecule has 1 saturated heterocycles. The normalized spacial score (nSPS) is 40.1. The molecule has 1 unspecified atom stereocenters. The Bertz CT molecular complexity index is 410. The van der Waals surface area contributed by atoms with Crippen molar-refractivity contribution in [2.45, 2.75) is 64.0 Å². The molecule has 1 amide bonds. The van der Waals surface area contributed by atoms with Crippen molar-refractivity contribution in [2.24, 2.45) is 5.41 Å². The molecular formula is C14H21NO4. The molecule has 3 aliphatic rings. The summed E-state index contributed by atoms with van der Waals surface area (Å²) >= 11 is 0. The Labute approximate surface area is 113 Å². The molecule has 0 aromatic rings. The van der Waals surface area contributed by atoms with E-state index >= 15 is 0 Å². The van der Waals surface area contributed by atoms with Crippen molar-refractivity contribution in [3.8, 4) is 0 Å². The SMILES string of the molecule is CCOC(=O)C1ON(C(C)=O)C23CCCC12CCC3. The van der Waals surface area contributed by atoms with E-state index < -0.39 is 6.10 Å². The predicted octanol–water partition coefficient (Wildman–Crippen LogP) is 1.80. The summed E-state index contributed by atoms with van der Waals surface area (Å²) < 4.78 is 5.16. The summed E-state index contributed by atoms with van der Waals surface area (Å²) in [6.45, 7) is 3.66. The number of nitrogens with zero attached hydrogens (tertiary/aromatic N) is 1. The smallest absolute Gasteiger partial charge is 0.338 e. The molecule has 5 heteroatoms. The molecule has 5 nitrogen and oxygen atoms in total. The Morgan fingerprint density at radius 3 is 2.42 bits per heavy atom. The molecule has 19 heavy (non-hydrogen) atoms. The Balaban J connectivity index is 2.00. The molecule has 0 N–H and O–H groups in total. The Hall–Kier alpha value is -1.10. The van der Waals surface area contributed by atoms with E-state index in [2.05, 4.69) is 0 Å². The van der Waals surface area contributed by atoms with Gasteiger partial charge in [0, 0.05) is 12.3 Å². The van der Waals surface area contributed by atoms with Gasteiger partial charge < -0.3 is 4.74 Å². The lowest BCUT2D eigenvalue weighted by molar-refractivity contribution is -0.208. The van der Waals surface area contributed by atoms with Crippen molar-refractivity contribution in [1.82, 2.24) is 5.06 Å². The van der Waals surface area contributed by atoms with Crippen LogP contribution in [-0.2, 0) is 19.2 Å². The van der Waals surface area contributed by atoms with E-state index in [-0.39, 0.29) is 22.8 Å². The molecule has 1 aliphatic heterocycles. The van der Waals surface area contributed by atoms with Crippen LogP contribution in [0.3, 0.4) is 0 Å². The Morgan fingerprint density at radius 2 is 1.89 bits per heavy atom. The minimum absolute atomic E-state index is 0.0972. The van der Waals surface area contributed by atoms with E-state index in [0.717, 1.165) is 38.5 Å². The van der Waals surface area contributed by atoms with Gasteiger partial charge in [0.05, 0.1) is 12.1 Å². The maximum absolute atomic E-state index is 12.2. The van der Waals surface area contributed by atoms with Gasteiger partial charge in [-0.3, -0.25) is 9.63 Å². The van der Waals surface area contributed by atoms with Crippen molar-refractivity contribution in [3.05, 3.63) is 0 Å². The number of hydrogen-bond donors (Lipinski definition) is 0. The van der Waals surface area contributed by atoms with Crippen LogP contribution in [0.4, 0.5) is 0 Å². The van der Waals surface area contributed by atoms with Gasteiger partial charge >= 0.3 is 5.97 Å². The van der Waals surface area contributed by atoms with Gasteiger partial charge in [-0.25, -0.2) is 9.86 Å². The van der Waals surface area contributed by atoms with E-state index in [1.165, 1.54) is 12.0 Å². The summed E-state index contributed by atoms with van der Waals surface area (Å²) in [6, 6.07) is 0. The first-order valence-electron chi connectivity index (χ1n) is 7.22. The summed E-state index contributed by atoms with van der Waals surface area (Å²) in [5, 5.41) is 1.51. The molecule has 106 valence electrons. The van der Waals surface area contributed by atoms with E-state index in [1.54, 1.807) is 6.92 Å². The number of amides is 1. The second-order valence-corrected chi connectivity index (χ2v) is 5.95. The second-order valence-electron chi connectivity index (χ2n) is 5.95. The van der Waals surface area contributed by atoms with Crippen LogP contribution in [0.15, 0.2) is 0 Å². The zero-order chi connectivity index (χ0) is 13.7. The van der Waals surface area contributed by atoms with E-state index in [4.69, 9.17) is 9.57 Å². The zero-order valence-corrected chi connectivity index (χ0v) is 11.6. The number of ether oxygens (including phenoxy) is 1. The summed E-state index contributed by atoms with van der Waals surface area (Å²) in [5.74, 6) is -0.403. The quantitative estimate of drug-likeness (QED) is 0.716. The second kappa shape index (κ2) is 4.20. The van der Waals surface area contributed by atoms with Crippen molar-refractivity contribution in [1.29, 1.82) is 0 Å². The van der Waals surface area contributed by atoms with Crippen LogP contribution >= 0.6 is 0 Å². The minimum atomic E-state index is -0.596. The summed E-state index contributed by atoms with van der Waals surface area (Å²) in [7, 11) is 0. The third-order valence-electron chi connectivity index (χ3n) is 5.24. The van der Waals surface area contributed by atoms with Gasteiger partial charge in [0.25, 0.3) is 0 Å². The fourth-order valence-electron chi connectivity index (χ4n) is 4.69. The number of hydrogen-bond acceptors (Lipinski definition) is 4. The van der Waals surface area contributed by atoms with Gasteiger partial charge in [-0.05, 0) is 32.6 Å². The van der Waals surface area contributed by atoms with Crippen LogP contribution in [0.5, 0.6) is 0 Å². The van der Waals surface area contributed by atoms with Crippen molar-refractivity contribution in [3.63, 3.8) is 0 Å². The lowest BCUT2D eigenvalue weighted by Gasteiger charge is -2.37. The molecule has 2 aliphatic carbocycles. The maximum atomic E-state index is 12.2. The third kappa shape index (κ3) is 1.45. The summed E-state index contributed by atoms with van der Waals surface area (Å²) in [4.78, 5) is 29.9. The molecule has 2 saturated carbocycles. The topological polar surface area (TPSA) is 55.8 Å². The first-order valence-corrected chi connectivity index (χ1v) is 7.22.